The number of rotatable bonds is 5. The average Bonchev–Trinajstić information content (AvgIpc) is 2.33. The van der Waals surface area contributed by atoms with Crippen LogP contribution in [0.15, 0.2) is 18.2 Å². The van der Waals surface area contributed by atoms with Crippen LogP contribution in [0.2, 0.25) is 0 Å². The molecular formula is C13H16F2O2. The first-order valence-corrected chi connectivity index (χ1v) is 5.49. The summed E-state index contributed by atoms with van der Waals surface area (Å²) in [5.41, 5.74) is -1.88. The van der Waals surface area contributed by atoms with Gasteiger partial charge in [-0.05, 0) is 18.1 Å². The number of halogens is 2. The summed E-state index contributed by atoms with van der Waals surface area (Å²) in [6.07, 6.45) is 1.04. The molecule has 0 N–H and O–H groups in total. The molecule has 0 saturated heterocycles. The van der Waals surface area contributed by atoms with E-state index in [1.165, 1.54) is 13.2 Å². The molecule has 0 aromatic heterocycles. The van der Waals surface area contributed by atoms with E-state index >= 15 is 0 Å². The highest BCUT2D eigenvalue weighted by molar-refractivity contribution is 5.67. The molecule has 0 bridgehead atoms. The molecule has 17 heavy (non-hydrogen) atoms. The molecule has 0 aliphatic heterocycles. The van der Waals surface area contributed by atoms with Crippen LogP contribution in [0.3, 0.4) is 0 Å². The van der Waals surface area contributed by atoms with E-state index in [1.807, 2.05) is 6.92 Å². The van der Waals surface area contributed by atoms with Crippen molar-refractivity contribution in [2.75, 3.05) is 7.11 Å². The van der Waals surface area contributed by atoms with Crippen molar-refractivity contribution >= 4 is 6.29 Å². The average molecular weight is 242 g/mol. The Morgan fingerprint density at radius 3 is 2.29 bits per heavy atom. The fourth-order valence-corrected chi connectivity index (χ4v) is 1.95. The highest BCUT2D eigenvalue weighted by Gasteiger charge is 2.41. The van der Waals surface area contributed by atoms with Crippen LogP contribution in [0.1, 0.15) is 25.8 Å². The molecule has 0 unspecified atom stereocenters. The third kappa shape index (κ3) is 2.22. The van der Waals surface area contributed by atoms with E-state index in [0.29, 0.717) is 12.7 Å². The Morgan fingerprint density at radius 2 is 1.94 bits per heavy atom. The minimum absolute atomic E-state index is 0.313. The van der Waals surface area contributed by atoms with Crippen molar-refractivity contribution in [1.29, 1.82) is 0 Å². The van der Waals surface area contributed by atoms with Crippen molar-refractivity contribution in [1.82, 2.24) is 0 Å². The van der Waals surface area contributed by atoms with E-state index in [0.717, 1.165) is 12.1 Å². The lowest BCUT2D eigenvalue weighted by Crippen LogP contribution is -2.39. The molecule has 0 amide bonds. The third-order valence-corrected chi connectivity index (χ3v) is 3.21. The zero-order chi connectivity index (χ0) is 13.1. The van der Waals surface area contributed by atoms with Gasteiger partial charge in [-0.2, -0.15) is 0 Å². The van der Waals surface area contributed by atoms with Crippen LogP contribution in [0.5, 0.6) is 0 Å². The normalized spacial score (nSPS) is 16.3. The van der Waals surface area contributed by atoms with Crippen LogP contribution >= 0.6 is 0 Å². The molecule has 94 valence electrons. The Balaban J connectivity index is 3.47. The quantitative estimate of drug-likeness (QED) is 0.742. The van der Waals surface area contributed by atoms with E-state index in [9.17, 15) is 13.6 Å². The minimum atomic E-state index is -1.57. The summed E-state index contributed by atoms with van der Waals surface area (Å²) in [6, 6.07) is 3.51. The predicted octanol–water partition coefficient (Wildman–Crippen LogP) is 3.05. The van der Waals surface area contributed by atoms with Crippen LogP contribution in [0.4, 0.5) is 8.78 Å². The second-order valence-electron chi connectivity index (χ2n) is 4.02. The molecule has 2 nitrogen and oxygen atoms in total. The van der Waals surface area contributed by atoms with E-state index in [2.05, 4.69) is 0 Å². The molecule has 0 aliphatic carbocycles. The SMILES string of the molecule is CC[C@H](C)[C@](C=O)(OC)c1c(F)cccc1F. The Hall–Kier alpha value is -1.29. The summed E-state index contributed by atoms with van der Waals surface area (Å²) >= 11 is 0. The molecule has 0 spiro atoms. The van der Waals surface area contributed by atoms with Crippen LogP contribution in [-0.2, 0) is 15.1 Å². The Morgan fingerprint density at radius 1 is 1.41 bits per heavy atom. The van der Waals surface area contributed by atoms with Gasteiger partial charge in [0.15, 0.2) is 11.9 Å². The maximum absolute atomic E-state index is 13.7. The number of benzene rings is 1. The molecule has 0 aliphatic rings. The molecule has 0 radical (unpaired) electrons. The van der Waals surface area contributed by atoms with E-state index in [1.54, 1.807) is 6.92 Å². The monoisotopic (exact) mass is 242 g/mol. The van der Waals surface area contributed by atoms with Gasteiger partial charge >= 0.3 is 0 Å². The Kier molecular flexibility index (Phi) is 4.34. The number of hydrogen-bond donors (Lipinski definition) is 0. The fourth-order valence-electron chi connectivity index (χ4n) is 1.95. The first kappa shape index (κ1) is 13.8. The van der Waals surface area contributed by atoms with Gasteiger partial charge < -0.3 is 4.74 Å². The zero-order valence-corrected chi connectivity index (χ0v) is 10.2. The van der Waals surface area contributed by atoms with Gasteiger partial charge in [0.2, 0.25) is 0 Å². The number of carbonyl (C=O) groups excluding carboxylic acids is 1. The number of ether oxygens (including phenoxy) is 1. The van der Waals surface area contributed by atoms with E-state index < -0.39 is 17.2 Å². The molecule has 0 fully saturated rings. The van der Waals surface area contributed by atoms with Gasteiger partial charge in [0.1, 0.15) is 11.6 Å². The summed E-state index contributed by atoms with van der Waals surface area (Å²) in [6.45, 7) is 3.56. The molecule has 2 atom stereocenters. The molecule has 0 saturated carbocycles. The smallest absolute Gasteiger partial charge is 0.156 e. The maximum atomic E-state index is 13.7. The van der Waals surface area contributed by atoms with Crippen molar-refractivity contribution in [2.45, 2.75) is 25.9 Å². The predicted molar refractivity (Wildman–Crippen MR) is 60.6 cm³/mol. The summed E-state index contributed by atoms with van der Waals surface area (Å²) in [5, 5.41) is 0. The van der Waals surface area contributed by atoms with Gasteiger partial charge in [-0.1, -0.05) is 26.3 Å². The number of aldehydes is 1. The maximum Gasteiger partial charge on any atom is 0.156 e. The van der Waals surface area contributed by atoms with Gasteiger partial charge in [0, 0.05) is 7.11 Å². The lowest BCUT2D eigenvalue weighted by molar-refractivity contribution is -0.136. The molecular weight excluding hydrogens is 226 g/mol. The number of hydrogen-bond acceptors (Lipinski definition) is 2. The zero-order valence-electron chi connectivity index (χ0n) is 10.2. The van der Waals surface area contributed by atoms with Crippen molar-refractivity contribution in [3.8, 4) is 0 Å². The van der Waals surface area contributed by atoms with E-state index in [4.69, 9.17) is 4.74 Å². The molecule has 1 aromatic carbocycles. The van der Waals surface area contributed by atoms with Crippen molar-refractivity contribution in [3.63, 3.8) is 0 Å². The van der Waals surface area contributed by atoms with Crippen LogP contribution < -0.4 is 0 Å². The highest BCUT2D eigenvalue weighted by Crippen LogP contribution is 2.36. The summed E-state index contributed by atoms with van der Waals surface area (Å²) in [5.74, 6) is -1.85. The van der Waals surface area contributed by atoms with Gasteiger partial charge in [-0.3, -0.25) is 4.79 Å². The van der Waals surface area contributed by atoms with Crippen molar-refractivity contribution < 1.29 is 18.3 Å². The molecule has 4 heteroatoms. The molecule has 0 heterocycles. The largest absolute Gasteiger partial charge is 0.365 e. The Labute approximate surface area is 99.6 Å². The first-order chi connectivity index (χ1) is 8.03. The third-order valence-electron chi connectivity index (χ3n) is 3.21. The molecule has 1 rings (SSSR count). The summed E-state index contributed by atoms with van der Waals surface area (Å²) in [7, 11) is 1.28. The van der Waals surface area contributed by atoms with Crippen LogP contribution in [0, 0.1) is 17.6 Å². The van der Waals surface area contributed by atoms with Gasteiger partial charge in [-0.15, -0.1) is 0 Å². The lowest BCUT2D eigenvalue weighted by Gasteiger charge is -2.33. The summed E-state index contributed by atoms with van der Waals surface area (Å²) in [4.78, 5) is 11.3. The molecule has 1 aromatic rings. The van der Waals surface area contributed by atoms with Crippen LogP contribution in [0.25, 0.3) is 0 Å². The van der Waals surface area contributed by atoms with Gasteiger partial charge in [-0.25, -0.2) is 8.78 Å². The fraction of sp³-hybridized carbons (Fsp3) is 0.462. The number of carbonyl (C=O) groups is 1. The van der Waals surface area contributed by atoms with Crippen molar-refractivity contribution in [2.24, 2.45) is 5.92 Å². The van der Waals surface area contributed by atoms with Crippen LogP contribution in [-0.4, -0.2) is 13.4 Å². The minimum Gasteiger partial charge on any atom is -0.365 e. The second kappa shape index (κ2) is 5.36. The lowest BCUT2D eigenvalue weighted by atomic mass is 9.81. The highest BCUT2D eigenvalue weighted by atomic mass is 19.1. The number of methoxy groups -OCH3 is 1. The summed E-state index contributed by atoms with van der Waals surface area (Å²) < 4.78 is 32.6. The standard InChI is InChI=1S/C13H16F2O2/c1-4-9(2)13(8-16,17-3)12-10(14)6-5-7-11(12)15/h5-9H,4H2,1-3H3/t9-,13-/m0/s1. The Bertz CT molecular complexity index is 386. The second-order valence-corrected chi connectivity index (χ2v) is 4.02. The topological polar surface area (TPSA) is 26.3 Å². The van der Waals surface area contributed by atoms with Crippen molar-refractivity contribution in [3.05, 3.63) is 35.4 Å². The van der Waals surface area contributed by atoms with Gasteiger partial charge in [0.05, 0.1) is 5.56 Å². The first-order valence-electron chi connectivity index (χ1n) is 5.49. The van der Waals surface area contributed by atoms with Gasteiger partial charge in [0.25, 0.3) is 0 Å². The van der Waals surface area contributed by atoms with E-state index in [-0.39, 0.29) is 11.5 Å².